The number of benzene rings is 1. The van der Waals surface area contributed by atoms with Gasteiger partial charge in [-0.2, -0.15) is 13.2 Å². The number of anilines is 1. The van der Waals surface area contributed by atoms with Crippen molar-refractivity contribution in [3.63, 3.8) is 0 Å². The third-order valence-electron chi connectivity index (χ3n) is 2.80. The highest BCUT2D eigenvalue weighted by Crippen LogP contribution is 2.37. The average Bonchev–Trinajstić information content (AvgIpc) is 2.93. The van der Waals surface area contributed by atoms with Crippen LogP contribution in [0.15, 0.2) is 34.5 Å². The van der Waals surface area contributed by atoms with Gasteiger partial charge in [0.05, 0.1) is 21.9 Å². The van der Waals surface area contributed by atoms with Gasteiger partial charge in [0.1, 0.15) is 5.00 Å². The predicted molar refractivity (Wildman–Crippen MR) is 88.6 cm³/mol. The molecule has 4 nitrogen and oxygen atoms in total. The Hall–Kier alpha value is -1.71. The molecule has 128 valence electrons. The van der Waals surface area contributed by atoms with Crippen LogP contribution in [0, 0.1) is 0 Å². The second-order valence-corrected chi connectivity index (χ2v) is 6.88. The zero-order valence-corrected chi connectivity index (χ0v) is 14.2. The molecule has 0 aliphatic rings. The summed E-state index contributed by atoms with van der Waals surface area (Å²) in [4.78, 5) is 23.3. The van der Waals surface area contributed by atoms with Crippen molar-refractivity contribution >= 4 is 51.5 Å². The van der Waals surface area contributed by atoms with Crippen molar-refractivity contribution in [3.05, 3.63) is 45.8 Å². The molecule has 1 aromatic heterocycles. The van der Waals surface area contributed by atoms with Crippen molar-refractivity contribution in [2.75, 3.05) is 11.1 Å². The van der Waals surface area contributed by atoms with Crippen molar-refractivity contribution < 1.29 is 22.8 Å². The van der Waals surface area contributed by atoms with Crippen LogP contribution in [0.5, 0.6) is 0 Å². The summed E-state index contributed by atoms with van der Waals surface area (Å²) in [6.45, 7) is 0. The van der Waals surface area contributed by atoms with Gasteiger partial charge in [0.15, 0.2) is 0 Å². The second kappa shape index (κ2) is 7.45. The second-order valence-electron chi connectivity index (χ2n) is 4.50. The maximum absolute atomic E-state index is 12.8. The summed E-state index contributed by atoms with van der Waals surface area (Å²) in [5.41, 5.74) is 4.39. The Morgan fingerprint density at radius 1 is 1.29 bits per heavy atom. The lowest BCUT2D eigenvalue weighted by Gasteiger charge is -2.10. The predicted octanol–water partition coefficient (Wildman–Crippen LogP) is 4.25. The minimum atomic E-state index is -4.57. The third kappa shape index (κ3) is 4.65. The number of nitrogens with one attached hydrogen (secondary N) is 1. The van der Waals surface area contributed by atoms with Gasteiger partial charge in [0.25, 0.3) is 5.91 Å². The van der Waals surface area contributed by atoms with Gasteiger partial charge in [-0.1, -0.05) is 11.6 Å². The summed E-state index contributed by atoms with van der Waals surface area (Å²) in [6.07, 6.45) is -4.57. The number of rotatable bonds is 5. The number of nitrogens with two attached hydrogens (primary N) is 1. The molecule has 0 saturated carbocycles. The molecular formula is C14H10ClF3N2O2S2. The number of primary amides is 1. The lowest BCUT2D eigenvalue weighted by atomic mass is 10.2. The van der Waals surface area contributed by atoms with Crippen LogP contribution in [0.4, 0.5) is 18.2 Å². The third-order valence-corrected chi connectivity index (χ3v) is 4.95. The minimum absolute atomic E-state index is 0.130. The highest BCUT2D eigenvalue weighted by atomic mass is 35.5. The fourth-order valence-corrected chi connectivity index (χ4v) is 3.49. The number of alkyl halides is 3. The van der Waals surface area contributed by atoms with E-state index in [2.05, 4.69) is 5.32 Å². The standard InChI is InChI=1S/C14H10ClF3N2O2S2/c15-10-2-1-7(5-9(10)14(16,17)18)24-6-11(21)20-13-8(12(19)22)3-4-23-13/h1-5H,6H2,(H2,19,22)(H,20,21). The fraction of sp³-hybridized carbons (Fsp3) is 0.143. The van der Waals surface area contributed by atoms with Crippen LogP contribution < -0.4 is 11.1 Å². The highest BCUT2D eigenvalue weighted by molar-refractivity contribution is 8.00. The Kier molecular flexibility index (Phi) is 5.79. The maximum atomic E-state index is 12.8. The van der Waals surface area contributed by atoms with Crippen LogP contribution in [0.2, 0.25) is 5.02 Å². The molecule has 10 heteroatoms. The van der Waals surface area contributed by atoms with Gasteiger partial charge in [-0.25, -0.2) is 0 Å². The van der Waals surface area contributed by atoms with Crippen molar-refractivity contribution in [1.82, 2.24) is 0 Å². The van der Waals surface area contributed by atoms with E-state index in [1.54, 1.807) is 5.38 Å². The molecule has 0 aliphatic heterocycles. The maximum Gasteiger partial charge on any atom is 0.417 e. The first-order chi connectivity index (χ1) is 11.2. The number of thiophene rings is 1. The Balaban J connectivity index is 2.02. The fourth-order valence-electron chi connectivity index (χ4n) is 1.72. The van der Waals surface area contributed by atoms with Gasteiger partial charge in [-0.15, -0.1) is 23.1 Å². The summed E-state index contributed by atoms with van der Waals surface area (Å²) in [7, 11) is 0. The zero-order valence-electron chi connectivity index (χ0n) is 11.8. The monoisotopic (exact) mass is 394 g/mol. The quantitative estimate of drug-likeness (QED) is 0.744. The Labute approximate surface area is 148 Å². The SMILES string of the molecule is NC(=O)c1ccsc1NC(=O)CSc1ccc(Cl)c(C(F)(F)F)c1. The van der Waals surface area contributed by atoms with Gasteiger partial charge in [0, 0.05) is 4.90 Å². The highest BCUT2D eigenvalue weighted by Gasteiger charge is 2.33. The molecule has 0 bridgehead atoms. The molecule has 0 atom stereocenters. The molecule has 2 amide bonds. The molecule has 2 rings (SSSR count). The first kappa shape index (κ1) is 18.6. The summed E-state index contributed by atoms with van der Waals surface area (Å²) >= 11 is 7.58. The number of carbonyl (C=O) groups excluding carboxylic acids is 2. The molecule has 0 saturated heterocycles. The molecule has 24 heavy (non-hydrogen) atoms. The lowest BCUT2D eigenvalue weighted by molar-refractivity contribution is -0.137. The number of hydrogen-bond acceptors (Lipinski definition) is 4. The van der Waals surface area contributed by atoms with Crippen LogP contribution in [-0.2, 0) is 11.0 Å². The van der Waals surface area contributed by atoms with Gasteiger partial charge >= 0.3 is 6.18 Å². The average molecular weight is 395 g/mol. The summed E-state index contributed by atoms with van der Waals surface area (Å²) in [5.74, 6) is -1.27. The molecule has 1 heterocycles. The molecule has 0 aliphatic carbocycles. The molecular weight excluding hydrogens is 385 g/mol. The van der Waals surface area contributed by atoms with Crippen LogP contribution in [0.1, 0.15) is 15.9 Å². The van der Waals surface area contributed by atoms with E-state index in [9.17, 15) is 22.8 Å². The minimum Gasteiger partial charge on any atom is -0.366 e. The summed E-state index contributed by atoms with van der Waals surface area (Å²) < 4.78 is 38.4. The van der Waals surface area contributed by atoms with Gasteiger partial charge in [-0.05, 0) is 29.6 Å². The Morgan fingerprint density at radius 3 is 2.62 bits per heavy atom. The van der Waals surface area contributed by atoms with Crippen LogP contribution >= 0.6 is 34.7 Å². The number of amides is 2. The van der Waals surface area contributed by atoms with E-state index in [1.807, 2.05) is 0 Å². The Morgan fingerprint density at radius 2 is 2.00 bits per heavy atom. The molecule has 3 N–H and O–H groups in total. The zero-order chi connectivity index (χ0) is 17.9. The van der Waals surface area contributed by atoms with Crippen molar-refractivity contribution in [3.8, 4) is 0 Å². The van der Waals surface area contributed by atoms with E-state index in [-0.39, 0.29) is 16.2 Å². The number of thioether (sulfide) groups is 1. The van der Waals surface area contributed by atoms with Gasteiger partial charge in [0.2, 0.25) is 5.91 Å². The topological polar surface area (TPSA) is 72.2 Å². The number of carbonyl (C=O) groups is 2. The van der Waals surface area contributed by atoms with E-state index in [4.69, 9.17) is 17.3 Å². The number of hydrogen-bond donors (Lipinski definition) is 2. The lowest BCUT2D eigenvalue weighted by Crippen LogP contribution is -2.17. The van der Waals surface area contributed by atoms with Gasteiger partial charge in [-0.3, -0.25) is 9.59 Å². The van der Waals surface area contributed by atoms with Crippen LogP contribution in [0.3, 0.4) is 0 Å². The molecule has 0 fully saturated rings. The van der Waals surface area contributed by atoms with E-state index >= 15 is 0 Å². The largest absolute Gasteiger partial charge is 0.417 e. The first-order valence-corrected chi connectivity index (χ1v) is 8.59. The summed E-state index contributed by atoms with van der Waals surface area (Å²) in [6, 6.07) is 4.90. The van der Waals surface area contributed by atoms with Crippen molar-refractivity contribution in [2.45, 2.75) is 11.1 Å². The summed E-state index contributed by atoms with van der Waals surface area (Å²) in [5, 5.41) is 4.01. The van der Waals surface area contributed by atoms with Crippen LogP contribution in [-0.4, -0.2) is 17.6 Å². The molecule has 0 unspecified atom stereocenters. The molecule has 0 radical (unpaired) electrons. The van der Waals surface area contributed by atoms with Crippen LogP contribution in [0.25, 0.3) is 0 Å². The molecule has 0 spiro atoms. The van der Waals surface area contributed by atoms with E-state index < -0.39 is 28.6 Å². The van der Waals surface area contributed by atoms with Crippen molar-refractivity contribution in [1.29, 1.82) is 0 Å². The van der Waals surface area contributed by atoms with E-state index in [0.717, 1.165) is 35.2 Å². The molecule has 2 aromatic rings. The Bertz CT molecular complexity index is 778. The smallest absolute Gasteiger partial charge is 0.366 e. The van der Waals surface area contributed by atoms with E-state index in [0.29, 0.717) is 5.00 Å². The normalized spacial score (nSPS) is 11.3. The molecule has 1 aromatic carbocycles. The number of halogens is 4. The van der Waals surface area contributed by atoms with E-state index in [1.165, 1.54) is 12.1 Å². The first-order valence-electron chi connectivity index (χ1n) is 6.35. The van der Waals surface area contributed by atoms with Crippen molar-refractivity contribution in [2.24, 2.45) is 5.73 Å². The van der Waals surface area contributed by atoms with Gasteiger partial charge < -0.3 is 11.1 Å².